The number of nitrogens with zero attached hydrogens (tertiary/aromatic N) is 2. The molecule has 0 atom stereocenters. The van der Waals surface area contributed by atoms with Crippen molar-refractivity contribution in [2.45, 2.75) is 25.3 Å². The normalized spacial score (nSPS) is 14.5. The molecule has 1 aromatic heterocycles. The van der Waals surface area contributed by atoms with Gasteiger partial charge in [0, 0.05) is 16.1 Å². The SMILES string of the molecule is Cc1noc(C)c1CN1C(=O)CSc2cc(N)ccc21. The lowest BCUT2D eigenvalue weighted by Gasteiger charge is -2.29. The number of thioether (sulfide) groups is 1. The number of carbonyl (C=O) groups excluding carboxylic acids is 1. The van der Waals surface area contributed by atoms with Crippen LogP contribution >= 0.6 is 11.8 Å². The second-order valence-electron chi connectivity index (χ2n) is 4.80. The molecule has 5 nitrogen and oxygen atoms in total. The number of fused-ring (bicyclic) bond motifs is 1. The molecule has 6 heteroatoms. The largest absolute Gasteiger partial charge is 0.399 e. The first-order chi connectivity index (χ1) is 9.56. The summed E-state index contributed by atoms with van der Waals surface area (Å²) in [4.78, 5) is 15.0. The van der Waals surface area contributed by atoms with Crippen LogP contribution in [-0.4, -0.2) is 16.8 Å². The van der Waals surface area contributed by atoms with Crippen molar-refractivity contribution in [1.29, 1.82) is 0 Å². The van der Waals surface area contributed by atoms with Gasteiger partial charge in [-0.25, -0.2) is 0 Å². The van der Waals surface area contributed by atoms with Crippen LogP contribution in [0.15, 0.2) is 27.6 Å². The van der Waals surface area contributed by atoms with E-state index in [9.17, 15) is 4.79 Å². The molecule has 0 saturated heterocycles. The monoisotopic (exact) mass is 289 g/mol. The second kappa shape index (κ2) is 4.86. The number of aryl methyl sites for hydroxylation is 2. The molecule has 2 aromatic rings. The molecule has 0 radical (unpaired) electrons. The van der Waals surface area contributed by atoms with Gasteiger partial charge in [-0.1, -0.05) is 5.16 Å². The number of hydrogen-bond acceptors (Lipinski definition) is 5. The molecule has 0 spiro atoms. The smallest absolute Gasteiger partial charge is 0.237 e. The highest BCUT2D eigenvalue weighted by atomic mass is 32.2. The molecule has 1 amide bonds. The molecule has 0 bridgehead atoms. The molecule has 20 heavy (non-hydrogen) atoms. The van der Waals surface area contributed by atoms with E-state index in [1.165, 1.54) is 11.8 Å². The first kappa shape index (κ1) is 13.1. The molecule has 0 fully saturated rings. The van der Waals surface area contributed by atoms with Gasteiger partial charge in [0.1, 0.15) is 5.76 Å². The van der Waals surface area contributed by atoms with Crippen molar-refractivity contribution in [3.8, 4) is 0 Å². The molecule has 1 aliphatic rings. The van der Waals surface area contributed by atoms with Gasteiger partial charge < -0.3 is 15.2 Å². The van der Waals surface area contributed by atoms with E-state index in [0.717, 1.165) is 27.6 Å². The summed E-state index contributed by atoms with van der Waals surface area (Å²) < 4.78 is 5.17. The van der Waals surface area contributed by atoms with E-state index in [4.69, 9.17) is 10.3 Å². The van der Waals surface area contributed by atoms with Gasteiger partial charge in [-0.15, -0.1) is 11.8 Å². The number of benzene rings is 1. The Morgan fingerprint density at radius 3 is 2.95 bits per heavy atom. The number of anilines is 2. The zero-order valence-electron chi connectivity index (χ0n) is 11.3. The van der Waals surface area contributed by atoms with Crippen molar-refractivity contribution in [3.63, 3.8) is 0 Å². The number of aromatic nitrogens is 1. The average molecular weight is 289 g/mol. The van der Waals surface area contributed by atoms with Gasteiger partial charge in [-0.2, -0.15) is 0 Å². The molecular weight excluding hydrogens is 274 g/mol. The highest BCUT2D eigenvalue weighted by Crippen LogP contribution is 2.37. The van der Waals surface area contributed by atoms with Crippen molar-refractivity contribution in [1.82, 2.24) is 5.16 Å². The van der Waals surface area contributed by atoms with E-state index in [1.54, 1.807) is 4.90 Å². The Kier molecular flexibility index (Phi) is 3.17. The molecule has 0 unspecified atom stereocenters. The average Bonchev–Trinajstić information content (AvgIpc) is 2.73. The molecule has 1 aliphatic heterocycles. The lowest BCUT2D eigenvalue weighted by molar-refractivity contribution is -0.116. The van der Waals surface area contributed by atoms with Gasteiger partial charge in [0.05, 0.1) is 23.7 Å². The number of nitrogens with two attached hydrogens (primary N) is 1. The lowest BCUT2D eigenvalue weighted by Crippen LogP contribution is -2.35. The van der Waals surface area contributed by atoms with Crippen LogP contribution in [0.3, 0.4) is 0 Å². The zero-order chi connectivity index (χ0) is 14.3. The number of rotatable bonds is 2. The minimum Gasteiger partial charge on any atom is -0.399 e. The molecule has 3 rings (SSSR count). The third-order valence-electron chi connectivity index (χ3n) is 3.42. The minimum atomic E-state index is 0.0901. The third-order valence-corrected chi connectivity index (χ3v) is 4.45. The zero-order valence-corrected chi connectivity index (χ0v) is 12.2. The first-order valence-corrected chi connectivity index (χ1v) is 7.29. The predicted octanol–water partition coefficient (Wildman–Crippen LogP) is 2.51. The van der Waals surface area contributed by atoms with Crippen LogP contribution in [0.5, 0.6) is 0 Å². The Hall–Kier alpha value is -1.95. The number of carbonyl (C=O) groups is 1. The highest BCUT2D eigenvalue weighted by molar-refractivity contribution is 8.00. The number of hydrogen-bond donors (Lipinski definition) is 1. The molecule has 2 N–H and O–H groups in total. The van der Waals surface area contributed by atoms with Crippen molar-refractivity contribution in [3.05, 3.63) is 35.2 Å². The third kappa shape index (κ3) is 2.16. The van der Waals surface area contributed by atoms with Gasteiger partial charge in [0.25, 0.3) is 0 Å². The molecule has 0 aliphatic carbocycles. The second-order valence-corrected chi connectivity index (χ2v) is 5.82. The molecule has 0 saturated carbocycles. The Morgan fingerprint density at radius 2 is 2.25 bits per heavy atom. The summed E-state index contributed by atoms with van der Waals surface area (Å²) in [5.41, 5.74) is 9.21. The fraction of sp³-hybridized carbons (Fsp3) is 0.286. The van der Waals surface area contributed by atoms with Crippen LogP contribution in [0.1, 0.15) is 17.0 Å². The van der Waals surface area contributed by atoms with Crippen molar-refractivity contribution in [2.75, 3.05) is 16.4 Å². The summed E-state index contributed by atoms with van der Waals surface area (Å²) in [5.74, 6) is 1.28. The van der Waals surface area contributed by atoms with E-state index in [1.807, 2.05) is 32.0 Å². The standard InChI is InChI=1S/C14H15N3O2S/c1-8-11(9(2)19-16-8)6-17-12-4-3-10(15)5-13(12)20-7-14(17)18/h3-5H,6-7,15H2,1-2H3. The molecular formula is C14H15N3O2S. The quantitative estimate of drug-likeness (QED) is 0.860. The minimum absolute atomic E-state index is 0.0901. The highest BCUT2D eigenvalue weighted by Gasteiger charge is 2.26. The topological polar surface area (TPSA) is 72.4 Å². The van der Waals surface area contributed by atoms with Gasteiger partial charge in [0.15, 0.2) is 0 Å². The van der Waals surface area contributed by atoms with Crippen molar-refractivity contribution < 1.29 is 9.32 Å². The van der Waals surface area contributed by atoms with Gasteiger partial charge in [0.2, 0.25) is 5.91 Å². The summed E-state index contributed by atoms with van der Waals surface area (Å²) in [6.45, 7) is 4.23. The van der Waals surface area contributed by atoms with Crippen LogP contribution in [0.4, 0.5) is 11.4 Å². The molecule has 1 aromatic carbocycles. The van der Waals surface area contributed by atoms with Gasteiger partial charge in [-0.3, -0.25) is 4.79 Å². The van der Waals surface area contributed by atoms with E-state index in [-0.39, 0.29) is 5.91 Å². The van der Waals surface area contributed by atoms with Crippen molar-refractivity contribution >= 4 is 29.0 Å². The van der Waals surface area contributed by atoms with E-state index >= 15 is 0 Å². The van der Waals surface area contributed by atoms with Gasteiger partial charge in [-0.05, 0) is 32.0 Å². The fourth-order valence-electron chi connectivity index (χ4n) is 2.28. The first-order valence-electron chi connectivity index (χ1n) is 6.30. The van der Waals surface area contributed by atoms with Crippen LogP contribution in [0.25, 0.3) is 0 Å². The summed E-state index contributed by atoms with van der Waals surface area (Å²) in [7, 11) is 0. The molecule has 104 valence electrons. The van der Waals surface area contributed by atoms with Crippen LogP contribution < -0.4 is 10.6 Å². The Morgan fingerprint density at radius 1 is 1.45 bits per heavy atom. The summed E-state index contributed by atoms with van der Waals surface area (Å²) in [5, 5.41) is 3.94. The van der Waals surface area contributed by atoms with Crippen LogP contribution in [0, 0.1) is 13.8 Å². The maximum atomic E-state index is 12.2. The van der Waals surface area contributed by atoms with E-state index in [2.05, 4.69) is 5.16 Å². The Bertz CT molecular complexity index is 662. The van der Waals surface area contributed by atoms with E-state index < -0.39 is 0 Å². The lowest BCUT2D eigenvalue weighted by atomic mass is 10.1. The number of amides is 1. The maximum Gasteiger partial charge on any atom is 0.237 e. The van der Waals surface area contributed by atoms with Crippen molar-refractivity contribution in [2.24, 2.45) is 0 Å². The number of nitrogen functional groups attached to an aromatic ring is 1. The van der Waals surface area contributed by atoms with Crippen LogP contribution in [-0.2, 0) is 11.3 Å². The predicted molar refractivity (Wildman–Crippen MR) is 78.7 cm³/mol. The van der Waals surface area contributed by atoms with E-state index in [0.29, 0.717) is 18.0 Å². The van der Waals surface area contributed by atoms with Crippen LogP contribution in [0.2, 0.25) is 0 Å². The summed E-state index contributed by atoms with van der Waals surface area (Å²) in [6, 6.07) is 5.62. The Balaban J connectivity index is 1.99. The van der Waals surface area contributed by atoms with Gasteiger partial charge >= 0.3 is 0 Å². The maximum absolute atomic E-state index is 12.2. The molecule has 2 heterocycles. The summed E-state index contributed by atoms with van der Waals surface area (Å²) >= 11 is 1.53. The summed E-state index contributed by atoms with van der Waals surface area (Å²) in [6.07, 6.45) is 0. The fourth-order valence-corrected chi connectivity index (χ4v) is 3.26. The Labute approximate surface area is 121 Å².